The summed E-state index contributed by atoms with van der Waals surface area (Å²) < 4.78 is 13.1. The van der Waals surface area contributed by atoms with Gasteiger partial charge in [-0.25, -0.2) is 9.18 Å². The van der Waals surface area contributed by atoms with E-state index in [2.05, 4.69) is 21.2 Å². The van der Waals surface area contributed by atoms with Crippen molar-refractivity contribution in [3.8, 4) is 0 Å². The first kappa shape index (κ1) is 15.8. The minimum absolute atomic E-state index is 0.120. The quantitative estimate of drug-likeness (QED) is 0.527. The molecule has 0 amide bonds. The van der Waals surface area contributed by atoms with E-state index in [0.29, 0.717) is 6.07 Å². The molecule has 0 heterocycles. The number of nitro groups is 1. The van der Waals surface area contributed by atoms with Crippen LogP contribution in [0.3, 0.4) is 0 Å². The molecule has 0 bridgehead atoms. The molecule has 0 aromatic heterocycles. The second-order valence-corrected chi connectivity index (χ2v) is 4.53. The Morgan fingerprint density at radius 1 is 1.45 bits per heavy atom. The van der Waals surface area contributed by atoms with Crippen LogP contribution in [0.15, 0.2) is 16.6 Å². The number of hydrogen-bond donors (Lipinski definition) is 3. The molecule has 8 nitrogen and oxygen atoms in total. The number of carbonyl (C=O) groups is 2. The Morgan fingerprint density at radius 3 is 2.50 bits per heavy atom. The minimum atomic E-state index is -1.58. The zero-order valence-corrected chi connectivity index (χ0v) is 11.3. The fourth-order valence-electron chi connectivity index (χ4n) is 1.37. The first-order valence-corrected chi connectivity index (χ1v) is 5.86. The molecule has 0 spiro atoms. The van der Waals surface area contributed by atoms with Crippen LogP contribution in [0.1, 0.15) is 6.42 Å². The number of anilines is 1. The van der Waals surface area contributed by atoms with E-state index in [1.54, 1.807) is 0 Å². The molecule has 20 heavy (non-hydrogen) atoms. The minimum Gasteiger partial charge on any atom is -0.481 e. The van der Waals surface area contributed by atoms with E-state index in [0.717, 1.165) is 6.07 Å². The number of hydrogen-bond acceptors (Lipinski definition) is 5. The molecule has 0 saturated carbocycles. The summed E-state index contributed by atoms with van der Waals surface area (Å²) in [5, 5.41) is 30.4. The normalized spacial score (nSPS) is 11.7. The third-order valence-corrected chi connectivity index (χ3v) is 2.85. The summed E-state index contributed by atoms with van der Waals surface area (Å²) >= 11 is 2.81. The van der Waals surface area contributed by atoms with E-state index >= 15 is 0 Å². The molecule has 0 aliphatic rings. The first-order valence-electron chi connectivity index (χ1n) is 5.07. The Kier molecular flexibility index (Phi) is 4.97. The number of nitrogens with zero attached hydrogens (tertiary/aromatic N) is 1. The van der Waals surface area contributed by atoms with Gasteiger partial charge < -0.3 is 15.5 Å². The lowest BCUT2D eigenvalue weighted by molar-refractivity contribution is -0.384. The molecule has 1 aromatic carbocycles. The van der Waals surface area contributed by atoms with Crippen molar-refractivity contribution < 1.29 is 29.1 Å². The Bertz CT molecular complexity index is 579. The number of aliphatic carboxylic acids is 2. The second-order valence-electron chi connectivity index (χ2n) is 3.67. The van der Waals surface area contributed by atoms with Crippen molar-refractivity contribution in [1.29, 1.82) is 0 Å². The molecule has 3 N–H and O–H groups in total. The number of nitrogens with one attached hydrogen (secondary N) is 1. The van der Waals surface area contributed by atoms with E-state index in [9.17, 15) is 24.1 Å². The molecule has 108 valence electrons. The molecule has 0 radical (unpaired) electrons. The summed E-state index contributed by atoms with van der Waals surface area (Å²) in [7, 11) is 0. The molecule has 10 heteroatoms. The maximum Gasteiger partial charge on any atom is 0.326 e. The van der Waals surface area contributed by atoms with Crippen molar-refractivity contribution in [2.45, 2.75) is 12.5 Å². The smallest absolute Gasteiger partial charge is 0.326 e. The van der Waals surface area contributed by atoms with Gasteiger partial charge in [-0.15, -0.1) is 0 Å². The van der Waals surface area contributed by atoms with Crippen molar-refractivity contribution in [3.05, 3.63) is 32.5 Å². The van der Waals surface area contributed by atoms with Crippen LogP contribution in [0.2, 0.25) is 0 Å². The van der Waals surface area contributed by atoms with Crippen molar-refractivity contribution in [2.24, 2.45) is 0 Å². The van der Waals surface area contributed by atoms with Gasteiger partial charge in [0.15, 0.2) is 0 Å². The topological polar surface area (TPSA) is 130 Å². The Hall–Kier alpha value is -2.23. The van der Waals surface area contributed by atoms with Crippen LogP contribution in [0.5, 0.6) is 0 Å². The van der Waals surface area contributed by atoms with E-state index < -0.39 is 40.8 Å². The predicted octanol–water partition coefficient (Wildman–Crippen LogP) is 1.84. The summed E-state index contributed by atoms with van der Waals surface area (Å²) in [6, 6.07) is 0.000670. The zero-order chi connectivity index (χ0) is 15.4. The van der Waals surface area contributed by atoms with E-state index in [1.165, 1.54) is 0 Å². The Balaban J connectivity index is 3.17. The van der Waals surface area contributed by atoms with Gasteiger partial charge in [0.2, 0.25) is 0 Å². The summed E-state index contributed by atoms with van der Waals surface area (Å²) in [5.41, 5.74) is -0.987. The van der Waals surface area contributed by atoms with Crippen LogP contribution in [0, 0.1) is 15.9 Å². The standard InChI is InChI=1S/C10H8BrFN2O6/c11-4-1-6(8(14(19)20)2-5(4)12)13-7(10(17)18)3-9(15)16/h1-2,7,13H,3H2,(H,15,16)(H,17,18). The van der Waals surface area contributed by atoms with Gasteiger partial charge in [-0.3, -0.25) is 14.9 Å². The number of carboxylic acids is 2. The van der Waals surface area contributed by atoms with Crippen molar-refractivity contribution in [1.82, 2.24) is 0 Å². The molecule has 0 aliphatic carbocycles. The summed E-state index contributed by atoms with van der Waals surface area (Å²) in [4.78, 5) is 31.3. The van der Waals surface area contributed by atoms with Gasteiger partial charge in [0.1, 0.15) is 17.5 Å². The molecule has 1 aromatic rings. The molecule has 1 atom stereocenters. The number of rotatable bonds is 6. The van der Waals surface area contributed by atoms with Gasteiger partial charge in [-0.2, -0.15) is 0 Å². The Morgan fingerprint density at radius 2 is 2.05 bits per heavy atom. The fourth-order valence-corrected chi connectivity index (χ4v) is 1.71. The maximum absolute atomic E-state index is 13.2. The third kappa shape index (κ3) is 3.88. The van der Waals surface area contributed by atoms with Gasteiger partial charge in [0.25, 0.3) is 5.69 Å². The fraction of sp³-hybridized carbons (Fsp3) is 0.200. The van der Waals surface area contributed by atoms with Crippen LogP contribution >= 0.6 is 15.9 Å². The Labute approximate surface area is 119 Å². The third-order valence-electron chi connectivity index (χ3n) is 2.24. The van der Waals surface area contributed by atoms with Crippen LogP contribution < -0.4 is 5.32 Å². The van der Waals surface area contributed by atoms with Crippen molar-refractivity contribution in [3.63, 3.8) is 0 Å². The molecule has 0 fully saturated rings. The predicted molar refractivity (Wildman–Crippen MR) is 68.1 cm³/mol. The molecular formula is C10H8BrFN2O6. The molecule has 0 aliphatic heterocycles. The lowest BCUT2D eigenvalue weighted by atomic mass is 10.2. The highest BCUT2D eigenvalue weighted by Crippen LogP contribution is 2.31. The average Bonchev–Trinajstić information content (AvgIpc) is 2.31. The first-order chi connectivity index (χ1) is 9.22. The van der Waals surface area contributed by atoms with Crippen molar-refractivity contribution >= 4 is 39.2 Å². The van der Waals surface area contributed by atoms with Gasteiger partial charge in [0.05, 0.1) is 21.9 Å². The number of benzene rings is 1. The van der Waals surface area contributed by atoms with Crippen LogP contribution in [0.4, 0.5) is 15.8 Å². The van der Waals surface area contributed by atoms with Crippen LogP contribution in [-0.4, -0.2) is 33.1 Å². The number of carboxylic acid groups (broad SMARTS) is 2. The summed E-state index contributed by atoms with van der Waals surface area (Å²) in [6.45, 7) is 0. The maximum atomic E-state index is 13.2. The van der Waals surface area contributed by atoms with Gasteiger partial charge in [-0.05, 0) is 22.0 Å². The highest BCUT2D eigenvalue weighted by Gasteiger charge is 2.25. The molecule has 1 rings (SSSR count). The molecule has 0 saturated heterocycles. The van der Waals surface area contributed by atoms with Gasteiger partial charge >= 0.3 is 11.9 Å². The van der Waals surface area contributed by atoms with E-state index in [-0.39, 0.29) is 10.2 Å². The molecule has 1 unspecified atom stereocenters. The lowest BCUT2D eigenvalue weighted by Gasteiger charge is -2.14. The summed E-state index contributed by atoms with van der Waals surface area (Å²) in [6.07, 6.45) is -0.790. The van der Waals surface area contributed by atoms with E-state index in [1.807, 2.05) is 0 Å². The largest absolute Gasteiger partial charge is 0.481 e. The lowest BCUT2D eigenvalue weighted by Crippen LogP contribution is -2.32. The number of nitro benzene ring substituents is 1. The van der Waals surface area contributed by atoms with Crippen LogP contribution in [0.25, 0.3) is 0 Å². The summed E-state index contributed by atoms with van der Waals surface area (Å²) in [5.74, 6) is -3.79. The highest BCUT2D eigenvalue weighted by molar-refractivity contribution is 9.10. The van der Waals surface area contributed by atoms with Crippen LogP contribution in [-0.2, 0) is 9.59 Å². The van der Waals surface area contributed by atoms with Crippen molar-refractivity contribution in [2.75, 3.05) is 5.32 Å². The second kappa shape index (κ2) is 6.28. The molecular weight excluding hydrogens is 343 g/mol. The van der Waals surface area contributed by atoms with Gasteiger partial charge in [0, 0.05) is 0 Å². The number of halogens is 2. The average molecular weight is 351 g/mol. The SMILES string of the molecule is O=C(O)CC(Nc1cc(Br)c(F)cc1[N+](=O)[O-])C(=O)O. The van der Waals surface area contributed by atoms with Gasteiger partial charge in [-0.1, -0.05) is 0 Å². The highest BCUT2D eigenvalue weighted by atomic mass is 79.9. The monoisotopic (exact) mass is 350 g/mol. The zero-order valence-electron chi connectivity index (χ0n) is 9.67. The van der Waals surface area contributed by atoms with E-state index in [4.69, 9.17) is 10.2 Å².